The van der Waals surface area contributed by atoms with E-state index in [-0.39, 0.29) is 17.9 Å². The van der Waals surface area contributed by atoms with E-state index in [0.717, 1.165) is 19.3 Å². The molecular weight excluding hydrogens is 116 g/mol. The predicted octanol–water partition coefficient (Wildman–Crippen LogP) is -0.401. The normalized spacial score (nSPS) is 34.8. The molecule has 1 rings (SSSR count). The third-order valence-electron chi connectivity index (χ3n) is 1.93. The summed E-state index contributed by atoms with van der Waals surface area (Å²) in [5.74, 6) is -0.287. The zero-order valence-electron chi connectivity index (χ0n) is 5.34. The standard InChI is InChI=1S/C6H12N2O/c7-5-3-1-2-4(5)6(8)9/h4-5H,1-3,7H2,(H2,8,9)/t4-,5-/m1/s1. The smallest absolute Gasteiger partial charge is 0.222 e. The van der Waals surface area contributed by atoms with Crippen molar-refractivity contribution in [2.45, 2.75) is 25.3 Å². The van der Waals surface area contributed by atoms with Gasteiger partial charge in [-0.05, 0) is 12.8 Å². The summed E-state index contributed by atoms with van der Waals surface area (Å²) in [5.41, 5.74) is 10.6. The van der Waals surface area contributed by atoms with E-state index < -0.39 is 0 Å². The minimum absolute atomic E-state index is 0.0301. The monoisotopic (exact) mass is 128 g/mol. The molecule has 3 heteroatoms. The third kappa shape index (κ3) is 1.21. The number of primary amides is 1. The minimum Gasteiger partial charge on any atom is -0.369 e. The fourth-order valence-electron chi connectivity index (χ4n) is 1.34. The second kappa shape index (κ2) is 2.35. The predicted molar refractivity (Wildman–Crippen MR) is 34.5 cm³/mol. The number of carbonyl (C=O) groups excluding carboxylic acids is 1. The molecule has 0 aromatic rings. The molecule has 0 bridgehead atoms. The molecule has 0 saturated heterocycles. The Hall–Kier alpha value is -0.570. The van der Waals surface area contributed by atoms with E-state index in [2.05, 4.69) is 0 Å². The van der Waals surface area contributed by atoms with Crippen LogP contribution in [0.5, 0.6) is 0 Å². The van der Waals surface area contributed by atoms with Crippen LogP contribution in [0.3, 0.4) is 0 Å². The molecule has 1 aliphatic rings. The van der Waals surface area contributed by atoms with Gasteiger partial charge in [0.25, 0.3) is 0 Å². The molecule has 1 fully saturated rings. The SMILES string of the molecule is NC(=O)[C@@H]1CCC[C@H]1N. The van der Waals surface area contributed by atoms with E-state index in [0.29, 0.717) is 0 Å². The summed E-state index contributed by atoms with van der Waals surface area (Å²) < 4.78 is 0. The largest absolute Gasteiger partial charge is 0.369 e. The summed E-state index contributed by atoms with van der Waals surface area (Å²) in [4.78, 5) is 10.6. The molecule has 0 aromatic carbocycles. The Balaban J connectivity index is 2.49. The van der Waals surface area contributed by atoms with Gasteiger partial charge in [0, 0.05) is 6.04 Å². The van der Waals surface area contributed by atoms with E-state index in [4.69, 9.17) is 11.5 Å². The molecule has 0 aromatic heterocycles. The first-order valence-electron chi connectivity index (χ1n) is 3.26. The maximum Gasteiger partial charge on any atom is 0.222 e. The maximum atomic E-state index is 10.6. The van der Waals surface area contributed by atoms with E-state index in [1.54, 1.807) is 0 Å². The minimum atomic E-state index is -0.236. The van der Waals surface area contributed by atoms with Gasteiger partial charge in [-0.2, -0.15) is 0 Å². The summed E-state index contributed by atoms with van der Waals surface area (Å²) in [7, 11) is 0. The number of carbonyl (C=O) groups is 1. The molecule has 0 unspecified atom stereocenters. The fraction of sp³-hybridized carbons (Fsp3) is 0.833. The van der Waals surface area contributed by atoms with Crippen molar-refractivity contribution in [1.29, 1.82) is 0 Å². The second-order valence-electron chi connectivity index (χ2n) is 2.60. The first-order chi connectivity index (χ1) is 4.22. The molecule has 52 valence electrons. The number of hydrogen-bond donors (Lipinski definition) is 2. The van der Waals surface area contributed by atoms with Crippen LogP contribution < -0.4 is 11.5 Å². The Morgan fingerprint density at radius 2 is 2.11 bits per heavy atom. The van der Waals surface area contributed by atoms with Gasteiger partial charge >= 0.3 is 0 Å². The molecule has 9 heavy (non-hydrogen) atoms. The lowest BCUT2D eigenvalue weighted by atomic mass is 10.0. The topological polar surface area (TPSA) is 69.1 Å². The number of rotatable bonds is 1. The first kappa shape index (κ1) is 6.55. The van der Waals surface area contributed by atoms with Gasteiger partial charge in [0.05, 0.1) is 5.92 Å². The van der Waals surface area contributed by atoms with Gasteiger partial charge in [-0.25, -0.2) is 0 Å². The van der Waals surface area contributed by atoms with Crippen molar-refractivity contribution in [1.82, 2.24) is 0 Å². The van der Waals surface area contributed by atoms with Crippen LogP contribution in [0.2, 0.25) is 0 Å². The van der Waals surface area contributed by atoms with Crippen LogP contribution in [0.15, 0.2) is 0 Å². The van der Waals surface area contributed by atoms with Crippen LogP contribution in [0.1, 0.15) is 19.3 Å². The molecule has 1 saturated carbocycles. The maximum absolute atomic E-state index is 10.6. The van der Waals surface area contributed by atoms with Gasteiger partial charge < -0.3 is 11.5 Å². The number of nitrogens with two attached hydrogens (primary N) is 2. The zero-order valence-corrected chi connectivity index (χ0v) is 5.34. The number of hydrogen-bond acceptors (Lipinski definition) is 2. The highest BCUT2D eigenvalue weighted by Gasteiger charge is 2.27. The van der Waals surface area contributed by atoms with Crippen molar-refractivity contribution in [2.24, 2.45) is 17.4 Å². The van der Waals surface area contributed by atoms with Crippen LogP contribution in [0.25, 0.3) is 0 Å². The van der Waals surface area contributed by atoms with E-state index in [1.165, 1.54) is 0 Å². The van der Waals surface area contributed by atoms with Gasteiger partial charge in [-0.1, -0.05) is 6.42 Å². The Labute approximate surface area is 54.4 Å². The van der Waals surface area contributed by atoms with Crippen LogP contribution in [0, 0.1) is 5.92 Å². The lowest BCUT2D eigenvalue weighted by molar-refractivity contribution is -0.121. The fourth-order valence-corrected chi connectivity index (χ4v) is 1.34. The summed E-state index contributed by atoms with van der Waals surface area (Å²) in [6, 6.07) is 0.0301. The summed E-state index contributed by atoms with van der Waals surface area (Å²) in [6.45, 7) is 0. The Morgan fingerprint density at radius 1 is 1.44 bits per heavy atom. The van der Waals surface area contributed by atoms with Gasteiger partial charge in [-0.3, -0.25) is 4.79 Å². The Kier molecular flexibility index (Phi) is 1.71. The number of amides is 1. The highest BCUT2D eigenvalue weighted by molar-refractivity contribution is 5.77. The van der Waals surface area contributed by atoms with Crippen LogP contribution in [-0.4, -0.2) is 11.9 Å². The van der Waals surface area contributed by atoms with Crippen molar-refractivity contribution < 1.29 is 4.79 Å². The highest BCUT2D eigenvalue weighted by Crippen LogP contribution is 2.22. The summed E-state index contributed by atoms with van der Waals surface area (Å²) in [6.07, 6.45) is 2.89. The van der Waals surface area contributed by atoms with Crippen molar-refractivity contribution in [3.63, 3.8) is 0 Å². The first-order valence-corrected chi connectivity index (χ1v) is 3.26. The highest BCUT2D eigenvalue weighted by atomic mass is 16.1. The second-order valence-corrected chi connectivity index (χ2v) is 2.60. The van der Waals surface area contributed by atoms with Crippen molar-refractivity contribution in [2.75, 3.05) is 0 Å². The third-order valence-corrected chi connectivity index (χ3v) is 1.93. The summed E-state index contributed by atoms with van der Waals surface area (Å²) >= 11 is 0. The molecule has 1 amide bonds. The van der Waals surface area contributed by atoms with Crippen molar-refractivity contribution in [3.05, 3.63) is 0 Å². The van der Waals surface area contributed by atoms with Crippen molar-refractivity contribution in [3.8, 4) is 0 Å². The quantitative estimate of drug-likeness (QED) is 0.504. The molecule has 0 spiro atoms. The Morgan fingerprint density at radius 3 is 2.33 bits per heavy atom. The van der Waals surface area contributed by atoms with Crippen LogP contribution in [0.4, 0.5) is 0 Å². The van der Waals surface area contributed by atoms with E-state index in [1.807, 2.05) is 0 Å². The lowest BCUT2D eigenvalue weighted by Gasteiger charge is -2.08. The average molecular weight is 128 g/mol. The van der Waals surface area contributed by atoms with Crippen LogP contribution >= 0.6 is 0 Å². The van der Waals surface area contributed by atoms with Gasteiger partial charge in [0.2, 0.25) is 5.91 Å². The molecule has 3 nitrogen and oxygen atoms in total. The lowest BCUT2D eigenvalue weighted by Crippen LogP contribution is -2.34. The summed E-state index contributed by atoms with van der Waals surface area (Å²) in [5, 5.41) is 0. The van der Waals surface area contributed by atoms with Gasteiger partial charge in [0.15, 0.2) is 0 Å². The van der Waals surface area contributed by atoms with Gasteiger partial charge in [0.1, 0.15) is 0 Å². The van der Waals surface area contributed by atoms with Crippen LogP contribution in [-0.2, 0) is 4.79 Å². The van der Waals surface area contributed by atoms with E-state index >= 15 is 0 Å². The molecule has 0 aliphatic heterocycles. The Bertz CT molecular complexity index is 124. The molecule has 4 N–H and O–H groups in total. The molecule has 0 heterocycles. The van der Waals surface area contributed by atoms with Gasteiger partial charge in [-0.15, -0.1) is 0 Å². The molecule has 1 aliphatic carbocycles. The molecular formula is C6H12N2O. The molecule has 0 radical (unpaired) electrons. The molecule has 2 atom stereocenters. The van der Waals surface area contributed by atoms with E-state index in [9.17, 15) is 4.79 Å². The van der Waals surface area contributed by atoms with Crippen molar-refractivity contribution >= 4 is 5.91 Å². The average Bonchev–Trinajstić information content (AvgIpc) is 2.13. The zero-order chi connectivity index (χ0) is 6.85.